The highest BCUT2D eigenvalue weighted by Crippen LogP contribution is 2.35. The Balaban J connectivity index is 1.32. The van der Waals surface area contributed by atoms with E-state index in [4.69, 9.17) is 0 Å². The number of amides is 4. The molecule has 2 saturated heterocycles. The van der Waals surface area contributed by atoms with Gasteiger partial charge in [-0.1, -0.05) is 49.2 Å². The molecule has 1 N–H and O–H groups in total. The van der Waals surface area contributed by atoms with E-state index < -0.39 is 11.9 Å². The van der Waals surface area contributed by atoms with Crippen LogP contribution >= 0.6 is 0 Å². The minimum absolute atomic E-state index is 0.175. The highest BCUT2D eigenvalue weighted by atomic mass is 16.2. The zero-order chi connectivity index (χ0) is 23.7. The lowest BCUT2D eigenvalue weighted by Crippen LogP contribution is -2.52. The van der Waals surface area contributed by atoms with Crippen LogP contribution in [0.3, 0.4) is 0 Å². The summed E-state index contributed by atoms with van der Waals surface area (Å²) in [5, 5.41) is 2.35. The SMILES string of the molecule is O=C1CCC(N2Cc3c(cccc3-c3ccc(CC(=O)N4CCCCCC4)cc3)C2=O)C(=O)N1. The van der Waals surface area contributed by atoms with Gasteiger partial charge in [0.1, 0.15) is 6.04 Å². The number of benzene rings is 2. The number of hydrogen-bond acceptors (Lipinski definition) is 4. The fourth-order valence-corrected chi connectivity index (χ4v) is 5.26. The molecule has 7 heteroatoms. The molecule has 34 heavy (non-hydrogen) atoms. The molecule has 1 unspecified atom stereocenters. The molecule has 3 aliphatic rings. The van der Waals surface area contributed by atoms with Crippen LogP contribution in [0.25, 0.3) is 11.1 Å². The van der Waals surface area contributed by atoms with Gasteiger partial charge in [0, 0.05) is 31.6 Å². The van der Waals surface area contributed by atoms with Gasteiger partial charge in [0.25, 0.3) is 5.91 Å². The van der Waals surface area contributed by atoms with Gasteiger partial charge in [-0.15, -0.1) is 0 Å². The summed E-state index contributed by atoms with van der Waals surface area (Å²) < 4.78 is 0. The maximum Gasteiger partial charge on any atom is 0.255 e. The second-order valence-corrected chi connectivity index (χ2v) is 9.40. The third-order valence-electron chi connectivity index (χ3n) is 7.16. The van der Waals surface area contributed by atoms with E-state index in [1.54, 1.807) is 11.0 Å². The molecule has 176 valence electrons. The highest BCUT2D eigenvalue weighted by Gasteiger charge is 2.39. The average molecular weight is 460 g/mol. The number of nitrogens with one attached hydrogen (secondary N) is 1. The van der Waals surface area contributed by atoms with Crippen LogP contribution in [0.5, 0.6) is 0 Å². The van der Waals surface area contributed by atoms with Crippen LogP contribution in [-0.4, -0.2) is 52.6 Å². The standard InChI is InChI=1S/C27H29N3O4/c31-24-13-12-23(26(33)28-24)30-17-22-20(6-5-7-21(22)27(30)34)19-10-8-18(9-11-19)16-25(32)29-14-3-1-2-4-15-29/h5-11,23H,1-4,12-17H2,(H,28,31,33). The molecule has 2 aromatic rings. The first-order chi connectivity index (χ1) is 16.5. The Labute approximate surface area is 199 Å². The first-order valence-corrected chi connectivity index (χ1v) is 12.1. The second kappa shape index (κ2) is 9.41. The Bertz CT molecular complexity index is 1130. The molecule has 0 aromatic heterocycles. The van der Waals surface area contributed by atoms with E-state index in [0.29, 0.717) is 24.9 Å². The van der Waals surface area contributed by atoms with Crippen LogP contribution < -0.4 is 5.32 Å². The fraction of sp³-hybridized carbons (Fsp3) is 0.407. The number of fused-ring (bicyclic) bond motifs is 1. The second-order valence-electron chi connectivity index (χ2n) is 9.40. The van der Waals surface area contributed by atoms with Gasteiger partial charge in [0.15, 0.2) is 0 Å². The smallest absolute Gasteiger partial charge is 0.255 e. The first kappa shape index (κ1) is 22.3. The number of nitrogens with zero attached hydrogens (tertiary/aromatic N) is 2. The molecule has 0 radical (unpaired) electrons. The van der Waals surface area contributed by atoms with E-state index in [9.17, 15) is 19.2 Å². The summed E-state index contributed by atoms with van der Waals surface area (Å²) in [6, 6.07) is 13.0. The fourth-order valence-electron chi connectivity index (χ4n) is 5.26. The van der Waals surface area contributed by atoms with E-state index in [2.05, 4.69) is 5.32 Å². The summed E-state index contributed by atoms with van der Waals surface area (Å²) in [5.41, 5.74) is 4.40. The normalized spacial score (nSPS) is 20.7. The van der Waals surface area contributed by atoms with E-state index in [0.717, 1.165) is 48.2 Å². The molecule has 2 aromatic carbocycles. The molecule has 2 fully saturated rings. The van der Waals surface area contributed by atoms with Gasteiger partial charge < -0.3 is 9.80 Å². The zero-order valence-electron chi connectivity index (χ0n) is 19.2. The largest absolute Gasteiger partial charge is 0.342 e. The van der Waals surface area contributed by atoms with Gasteiger partial charge in [-0.25, -0.2) is 0 Å². The van der Waals surface area contributed by atoms with E-state index in [-0.39, 0.29) is 24.1 Å². The van der Waals surface area contributed by atoms with Crippen LogP contribution in [0.4, 0.5) is 0 Å². The van der Waals surface area contributed by atoms with E-state index in [1.165, 1.54) is 12.8 Å². The highest BCUT2D eigenvalue weighted by molar-refractivity contribution is 6.06. The third kappa shape index (κ3) is 4.34. The van der Waals surface area contributed by atoms with Crippen LogP contribution in [-0.2, 0) is 27.3 Å². The zero-order valence-corrected chi connectivity index (χ0v) is 19.2. The molecule has 0 bridgehead atoms. The molecule has 0 saturated carbocycles. The Morgan fingerprint density at radius 2 is 1.62 bits per heavy atom. The minimum atomic E-state index is -0.627. The number of imide groups is 1. The number of carbonyl (C=O) groups excluding carboxylic acids is 4. The van der Waals surface area contributed by atoms with Crippen molar-refractivity contribution in [1.29, 1.82) is 0 Å². The van der Waals surface area contributed by atoms with Crippen LogP contribution in [0, 0.1) is 0 Å². The lowest BCUT2D eigenvalue weighted by Gasteiger charge is -2.29. The molecule has 4 amide bonds. The molecule has 7 nitrogen and oxygen atoms in total. The van der Waals surface area contributed by atoms with Crippen molar-refractivity contribution in [2.24, 2.45) is 0 Å². The van der Waals surface area contributed by atoms with E-state index in [1.807, 2.05) is 41.3 Å². The van der Waals surface area contributed by atoms with Gasteiger partial charge >= 0.3 is 0 Å². The van der Waals surface area contributed by atoms with Crippen molar-refractivity contribution in [3.8, 4) is 11.1 Å². The number of likely N-dealkylation sites (tertiary alicyclic amines) is 1. The van der Waals surface area contributed by atoms with Crippen molar-refractivity contribution in [3.05, 3.63) is 59.2 Å². The lowest BCUT2D eigenvalue weighted by atomic mass is 9.96. The van der Waals surface area contributed by atoms with Gasteiger partial charge in [0.2, 0.25) is 17.7 Å². The third-order valence-corrected chi connectivity index (χ3v) is 7.16. The van der Waals surface area contributed by atoms with Crippen molar-refractivity contribution < 1.29 is 19.2 Å². The predicted molar refractivity (Wildman–Crippen MR) is 127 cm³/mol. The van der Waals surface area contributed by atoms with Crippen LogP contribution in [0.15, 0.2) is 42.5 Å². The number of carbonyl (C=O) groups is 4. The van der Waals surface area contributed by atoms with Crippen LogP contribution in [0.2, 0.25) is 0 Å². The molecule has 3 heterocycles. The number of rotatable bonds is 4. The van der Waals surface area contributed by atoms with Gasteiger partial charge in [-0.3, -0.25) is 24.5 Å². The van der Waals surface area contributed by atoms with E-state index >= 15 is 0 Å². The summed E-state index contributed by atoms with van der Waals surface area (Å²) in [6.07, 6.45) is 5.54. The van der Waals surface area contributed by atoms with Crippen molar-refractivity contribution in [2.45, 2.75) is 57.5 Å². The minimum Gasteiger partial charge on any atom is -0.342 e. The Hall–Kier alpha value is -3.48. The number of hydrogen-bond donors (Lipinski definition) is 1. The summed E-state index contributed by atoms with van der Waals surface area (Å²) in [4.78, 5) is 53.2. The summed E-state index contributed by atoms with van der Waals surface area (Å²) in [7, 11) is 0. The molecule has 0 spiro atoms. The van der Waals surface area contributed by atoms with Gasteiger partial charge in [-0.05, 0) is 47.6 Å². The molecular formula is C27H29N3O4. The summed E-state index contributed by atoms with van der Waals surface area (Å²) in [6.45, 7) is 2.04. The Kier molecular flexibility index (Phi) is 6.18. The van der Waals surface area contributed by atoms with Gasteiger partial charge in [-0.2, -0.15) is 0 Å². The Morgan fingerprint density at radius 1 is 0.912 bits per heavy atom. The Morgan fingerprint density at radius 3 is 2.32 bits per heavy atom. The molecule has 0 aliphatic carbocycles. The van der Waals surface area contributed by atoms with Crippen molar-refractivity contribution >= 4 is 23.6 Å². The van der Waals surface area contributed by atoms with Gasteiger partial charge in [0.05, 0.1) is 6.42 Å². The topological polar surface area (TPSA) is 86.8 Å². The molecule has 5 rings (SSSR count). The molecular weight excluding hydrogens is 430 g/mol. The summed E-state index contributed by atoms with van der Waals surface area (Å²) >= 11 is 0. The van der Waals surface area contributed by atoms with Crippen LogP contribution in [0.1, 0.15) is 60.0 Å². The average Bonchev–Trinajstić information content (AvgIpc) is 3.00. The quantitative estimate of drug-likeness (QED) is 0.712. The lowest BCUT2D eigenvalue weighted by molar-refractivity contribution is -0.137. The number of piperidine rings is 1. The predicted octanol–water partition coefficient (Wildman–Crippen LogP) is 3.06. The molecule has 1 atom stereocenters. The monoisotopic (exact) mass is 459 g/mol. The van der Waals surface area contributed by atoms with Crippen molar-refractivity contribution in [3.63, 3.8) is 0 Å². The maximum absolute atomic E-state index is 13.1. The first-order valence-electron chi connectivity index (χ1n) is 12.1. The van der Waals surface area contributed by atoms with Crippen molar-refractivity contribution in [2.75, 3.05) is 13.1 Å². The molecule has 3 aliphatic heterocycles. The van der Waals surface area contributed by atoms with Crippen molar-refractivity contribution in [1.82, 2.24) is 15.1 Å². The maximum atomic E-state index is 13.1. The summed E-state index contributed by atoms with van der Waals surface area (Å²) in [5.74, 6) is -0.690.